The van der Waals surface area contributed by atoms with Crippen molar-refractivity contribution in [1.29, 1.82) is 0 Å². The van der Waals surface area contributed by atoms with Crippen molar-refractivity contribution in [2.75, 3.05) is 106 Å². The van der Waals surface area contributed by atoms with E-state index in [-0.39, 0.29) is 6.54 Å². The van der Waals surface area contributed by atoms with Crippen LogP contribution in [0.25, 0.3) is 0 Å². The van der Waals surface area contributed by atoms with E-state index < -0.39 is 17.9 Å². The van der Waals surface area contributed by atoms with Crippen LogP contribution in [0.2, 0.25) is 0 Å². The van der Waals surface area contributed by atoms with Crippen LogP contribution in [0.1, 0.15) is 13.3 Å². The van der Waals surface area contributed by atoms with Gasteiger partial charge in [0, 0.05) is 92.8 Å². The Morgan fingerprint density at radius 2 is 1.21 bits per heavy atom. The zero-order chi connectivity index (χ0) is 25.3. The highest BCUT2D eigenvalue weighted by Crippen LogP contribution is 2.13. The van der Waals surface area contributed by atoms with Gasteiger partial charge in [-0.2, -0.15) is 0 Å². The lowest BCUT2D eigenvalue weighted by atomic mass is 10.3. The molecule has 0 rings (SSSR count). The van der Waals surface area contributed by atoms with Gasteiger partial charge in [0.2, 0.25) is 0 Å². The van der Waals surface area contributed by atoms with Crippen molar-refractivity contribution in [3.63, 3.8) is 0 Å². The minimum absolute atomic E-state index is 0.0213. The molecule has 0 aromatic carbocycles. The van der Waals surface area contributed by atoms with E-state index in [1.165, 1.54) is 0 Å². The Morgan fingerprint density at radius 1 is 0.697 bits per heavy atom. The highest BCUT2D eigenvalue weighted by molar-refractivity contribution is 6.72. The van der Waals surface area contributed by atoms with Crippen LogP contribution in [0.15, 0.2) is 0 Å². The van der Waals surface area contributed by atoms with Gasteiger partial charge < -0.3 is 54.6 Å². The summed E-state index contributed by atoms with van der Waals surface area (Å²) in [6.07, 6.45) is 1.03. The van der Waals surface area contributed by atoms with Gasteiger partial charge >= 0.3 is 17.9 Å². The van der Waals surface area contributed by atoms with Crippen LogP contribution in [-0.2, 0) is 8.85 Å². The summed E-state index contributed by atoms with van der Waals surface area (Å²) in [4.78, 5) is 47.7. The molecule has 0 bridgehead atoms. The molecule has 0 aromatic rings. The van der Waals surface area contributed by atoms with E-state index in [2.05, 4.69) is 26.9 Å². The van der Waals surface area contributed by atoms with Crippen LogP contribution >= 0.6 is 0 Å². The molecule has 15 heteroatoms. The highest BCUT2D eigenvalue weighted by atomic mass is 28.5. The molecule has 200 valence electrons. The zero-order valence-electron chi connectivity index (χ0n) is 20.9. The number of rotatable bonds is 22. The van der Waals surface area contributed by atoms with Crippen LogP contribution in [0, 0.1) is 0 Å². The van der Waals surface area contributed by atoms with E-state index in [9.17, 15) is 19.2 Å². The van der Waals surface area contributed by atoms with E-state index in [1.54, 1.807) is 0 Å². The molecule has 0 spiro atoms. The third-order valence-electron chi connectivity index (χ3n) is 5.40. The van der Waals surface area contributed by atoms with Gasteiger partial charge in [-0.05, 0) is 20.0 Å². The van der Waals surface area contributed by atoms with Crippen molar-refractivity contribution < 1.29 is 28.0 Å². The van der Waals surface area contributed by atoms with E-state index in [4.69, 9.17) is 20.3 Å². The van der Waals surface area contributed by atoms with Crippen molar-refractivity contribution in [3.05, 3.63) is 0 Å². The molecule has 0 aromatic heterocycles. The second kappa shape index (κ2) is 18.2. The highest BCUT2D eigenvalue weighted by Gasteiger charge is 2.56. The first kappa shape index (κ1) is 32.9. The number of nitrogens with zero attached hydrogens (tertiary/aromatic N) is 4. The lowest BCUT2D eigenvalue weighted by Gasteiger charge is -2.36. The van der Waals surface area contributed by atoms with E-state index in [1.807, 2.05) is 7.05 Å². The summed E-state index contributed by atoms with van der Waals surface area (Å²) in [5, 5.41) is 3.27. The maximum atomic E-state index is 10.2. The molecule has 0 aliphatic rings. The van der Waals surface area contributed by atoms with Gasteiger partial charge in [0.1, 0.15) is 0 Å². The first-order valence-corrected chi connectivity index (χ1v) is 15.1. The predicted molar refractivity (Wildman–Crippen MR) is 133 cm³/mol. The van der Waals surface area contributed by atoms with Gasteiger partial charge in [0.05, 0.1) is 0 Å². The average molecular weight is 516 g/mol. The summed E-state index contributed by atoms with van der Waals surface area (Å²) >= 11 is 0. The van der Waals surface area contributed by atoms with Gasteiger partial charge in [-0.25, -0.2) is 4.23 Å². The Kier molecular flexibility index (Phi) is 18.2. The second-order valence-electron chi connectivity index (χ2n) is 8.02. The van der Waals surface area contributed by atoms with Crippen molar-refractivity contribution in [1.82, 2.24) is 24.2 Å². The Morgan fingerprint density at radius 3 is 1.70 bits per heavy atom. The second-order valence-corrected chi connectivity index (χ2v) is 12.7. The fraction of sp³-hybridized carbons (Fsp3) is 1.00. The standard InChI is InChI=1S/C18H49N7O6Si2/c1-5-10-23(11-7-20)15-16-24(14-13-22(2)12-9-21-8-6-19)17-18-25(32(26,27)30-3)33(28,29)31-4/h21,26-29H,5-20H2,1-4H3. The topological polar surface area (TPSA) is 176 Å². The molecule has 13 nitrogen and oxygen atoms in total. The summed E-state index contributed by atoms with van der Waals surface area (Å²) in [6, 6.07) is 0. The number of nitrogens with one attached hydrogen (secondary N) is 1. The maximum absolute atomic E-state index is 10.2. The third kappa shape index (κ3) is 14.2. The van der Waals surface area contributed by atoms with Gasteiger partial charge in [-0.3, -0.25) is 4.90 Å². The zero-order valence-corrected chi connectivity index (χ0v) is 22.9. The number of nitrogens with two attached hydrogens (primary N) is 2. The summed E-state index contributed by atoms with van der Waals surface area (Å²) in [5.74, 6) is 0. The maximum Gasteiger partial charge on any atom is 0.592 e. The van der Waals surface area contributed by atoms with Crippen molar-refractivity contribution >= 4 is 17.9 Å². The molecule has 0 atom stereocenters. The summed E-state index contributed by atoms with van der Waals surface area (Å²) in [7, 11) is -4.67. The number of hydrogen-bond donors (Lipinski definition) is 7. The molecule has 9 N–H and O–H groups in total. The lowest BCUT2D eigenvalue weighted by Crippen LogP contribution is -2.71. The predicted octanol–water partition coefficient (Wildman–Crippen LogP) is -4.13. The average Bonchev–Trinajstić information content (AvgIpc) is 2.78. The smallest absolute Gasteiger partial charge is 0.378 e. The molecular weight excluding hydrogens is 466 g/mol. The summed E-state index contributed by atoms with van der Waals surface area (Å²) in [5.41, 5.74) is 11.2. The molecule has 0 aliphatic carbocycles. The molecule has 0 fully saturated rings. The van der Waals surface area contributed by atoms with Crippen LogP contribution in [0.3, 0.4) is 0 Å². The van der Waals surface area contributed by atoms with E-state index in [0.29, 0.717) is 19.6 Å². The first-order valence-electron chi connectivity index (χ1n) is 11.6. The summed E-state index contributed by atoms with van der Waals surface area (Å²) in [6.45, 7) is 11.0. The fourth-order valence-corrected chi connectivity index (χ4v) is 6.61. The minimum Gasteiger partial charge on any atom is -0.378 e. The van der Waals surface area contributed by atoms with E-state index in [0.717, 1.165) is 83.8 Å². The van der Waals surface area contributed by atoms with Crippen LogP contribution < -0.4 is 16.8 Å². The summed E-state index contributed by atoms with van der Waals surface area (Å²) < 4.78 is 10.4. The quantitative estimate of drug-likeness (QED) is 0.0547. The normalized spacial score (nSPS) is 13.3. The Bertz CT molecular complexity index is 464. The molecule has 0 unspecified atom stereocenters. The number of likely N-dealkylation sites (N-methyl/N-ethyl adjacent to an activating group) is 1. The monoisotopic (exact) mass is 515 g/mol. The lowest BCUT2D eigenvalue weighted by molar-refractivity contribution is 0.0611. The molecule has 33 heavy (non-hydrogen) atoms. The van der Waals surface area contributed by atoms with Gasteiger partial charge in [-0.15, -0.1) is 0 Å². The molecule has 0 saturated carbocycles. The molecule has 0 radical (unpaired) electrons. The Labute approximate surface area is 201 Å². The Hall–Kier alpha value is -0.0862. The minimum atomic E-state index is -4.48. The largest absolute Gasteiger partial charge is 0.592 e. The van der Waals surface area contributed by atoms with Crippen LogP contribution in [0.5, 0.6) is 0 Å². The molecule has 0 heterocycles. The van der Waals surface area contributed by atoms with Gasteiger partial charge in [0.15, 0.2) is 0 Å². The first-order chi connectivity index (χ1) is 15.6. The molecule has 0 saturated heterocycles. The number of hydrogen-bond acceptors (Lipinski definition) is 13. The van der Waals surface area contributed by atoms with Crippen molar-refractivity contribution in [3.8, 4) is 0 Å². The molecule has 0 aliphatic heterocycles. The van der Waals surface area contributed by atoms with Gasteiger partial charge in [-0.1, -0.05) is 6.92 Å². The Balaban J connectivity index is 5.13. The van der Waals surface area contributed by atoms with Crippen LogP contribution in [0.4, 0.5) is 0 Å². The fourth-order valence-electron chi connectivity index (χ4n) is 3.32. The van der Waals surface area contributed by atoms with Crippen molar-refractivity contribution in [2.45, 2.75) is 13.3 Å². The van der Waals surface area contributed by atoms with Crippen molar-refractivity contribution in [2.24, 2.45) is 11.5 Å². The third-order valence-corrected chi connectivity index (χ3v) is 10.1. The van der Waals surface area contributed by atoms with Gasteiger partial charge in [0.25, 0.3) is 0 Å². The van der Waals surface area contributed by atoms with E-state index >= 15 is 0 Å². The molecule has 0 amide bonds. The molecular formula is C18H49N7O6Si2. The SMILES string of the molecule is CCCN(CCN)CCN(CCN(C)CCNCCN)CCN([Si](O)(O)OC)[Si](O)(O)OC. The van der Waals surface area contributed by atoms with Crippen LogP contribution in [-0.4, -0.2) is 162 Å².